The number of thioether (sulfide) groups is 1. The van der Waals surface area contributed by atoms with E-state index in [0.29, 0.717) is 15.9 Å². The van der Waals surface area contributed by atoms with Crippen LogP contribution in [0.2, 0.25) is 5.02 Å². The lowest BCUT2D eigenvalue weighted by atomic mass is 10.2. The predicted octanol–water partition coefficient (Wildman–Crippen LogP) is 3.50. The third kappa shape index (κ3) is 6.08. The molecule has 0 aliphatic heterocycles. The van der Waals surface area contributed by atoms with Gasteiger partial charge in [-0.05, 0) is 37.1 Å². The van der Waals surface area contributed by atoms with Crippen molar-refractivity contribution in [1.29, 1.82) is 0 Å². The zero-order valence-electron chi connectivity index (χ0n) is 12.8. The summed E-state index contributed by atoms with van der Waals surface area (Å²) in [7, 11) is 0. The zero-order chi connectivity index (χ0) is 16.7. The molecule has 0 atom stereocenters. The van der Waals surface area contributed by atoms with E-state index in [1.54, 1.807) is 24.3 Å². The Morgan fingerprint density at radius 1 is 1.35 bits per heavy atom. The monoisotopic (exact) mass is 351 g/mol. The number of anilines is 1. The van der Waals surface area contributed by atoms with Gasteiger partial charge in [0.1, 0.15) is 0 Å². The number of unbranched alkanes of at least 4 members (excludes halogenated alkanes) is 1. The van der Waals surface area contributed by atoms with Crippen LogP contribution < -0.4 is 10.9 Å². The van der Waals surface area contributed by atoms with Crippen molar-refractivity contribution in [3.8, 4) is 0 Å². The second-order valence-corrected chi connectivity index (χ2v) is 6.39. The highest BCUT2D eigenvalue weighted by Gasteiger charge is 2.07. The fraction of sp³-hybridized carbons (Fsp3) is 0.312. The van der Waals surface area contributed by atoms with Gasteiger partial charge in [-0.3, -0.25) is 9.59 Å². The molecule has 0 saturated heterocycles. The van der Waals surface area contributed by atoms with Crippen LogP contribution in [0.5, 0.6) is 0 Å². The number of carbonyl (C=O) groups is 1. The van der Waals surface area contributed by atoms with E-state index in [0.717, 1.165) is 25.0 Å². The number of amides is 1. The normalized spacial score (nSPS) is 10.5. The molecule has 1 heterocycles. The summed E-state index contributed by atoms with van der Waals surface area (Å²) in [5, 5.41) is 3.85. The fourth-order valence-corrected chi connectivity index (χ4v) is 2.72. The van der Waals surface area contributed by atoms with Gasteiger partial charge in [0.2, 0.25) is 5.91 Å². The summed E-state index contributed by atoms with van der Waals surface area (Å²) in [5.74, 6) is 0.00179. The van der Waals surface area contributed by atoms with Gasteiger partial charge in [-0.25, -0.2) is 4.98 Å². The molecule has 7 heteroatoms. The van der Waals surface area contributed by atoms with Crippen LogP contribution in [0, 0.1) is 0 Å². The molecule has 23 heavy (non-hydrogen) atoms. The molecular weight excluding hydrogens is 334 g/mol. The lowest BCUT2D eigenvalue weighted by Crippen LogP contribution is -2.15. The highest BCUT2D eigenvalue weighted by atomic mass is 35.5. The molecule has 0 unspecified atom stereocenters. The Hall–Kier alpha value is -1.79. The van der Waals surface area contributed by atoms with Crippen LogP contribution >= 0.6 is 23.4 Å². The van der Waals surface area contributed by atoms with Gasteiger partial charge in [-0.15, -0.1) is 0 Å². The van der Waals surface area contributed by atoms with Gasteiger partial charge in [-0.2, -0.15) is 0 Å². The number of benzene rings is 1. The average molecular weight is 352 g/mol. The van der Waals surface area contributed by atoms with Crippen molar-refractivity contribution < 1.29 is 4.79 Å². The van der Waals surface area contributed by atoms with E-state index in [1.165, 1.54) is 17.8 Å². The summed E-state index contributed by atoms with van der Waals surface area (Å²) in [6.45, 7) is 2.09. The SMILES string of the molecule is CCCCc1cc(=O)[nH]c(SCC(=O)Nc2ccc(Cl)cc2)n1. The molecule has 2 N–H and O–H groups in total. The van der Waals surface area contributed by atoms with Crippen LogP contribution in [-0.2, 0) is 11.2 Å². The quantitative estimate of drug-likeness (QED) is 0.591. The van der Waals surface area contributed by atoms with Gasteiger partial charge >= 0.3 is 0 Å². The Morgan fingerprint density at radius 3 is 2.78 bits per heavy atom. The molecule has 2 aromatic rings. The van der Waals surface area contributed by atoms with E-state index in [9.17, 15) is 9.59 Å². The summed E-state index contributed by atoms with van der Waals surface area (Å²) in [5.41, 5.74) is 1.25. The smallest absolute Gasteiger partial charge is 0.251 e. The summed E-state index contributed by atoms with van der Waals surface area (Å²) in [6.07, 6.45) is 2.79. The molecule has 0 saturated carbocycles. The number of nitrogens with one attached hydrogen (secondary N) is 2. The van der Waals surface area contributed by atoms with E-state index < -0.39 is 0 Å². The maximum atomic E-state index is 11.9. The highest BCUT2D eigenvalue weighted by molar-refractivity contribution is 7.99. The maximum absolute atomic E-state index is 11.9. The van der Waals surface area contributed by atoms with Crippen molar-refractivity contribution >= 4 is 35.0 Å². The van der Waals surface area contributed by atoms with Crippen molar-refractivity contribution in [2.45, 2.75) is 31.3 Å². The zero-order valence-corrected chi connectivity index (χ0v) is 14.3. The van der Waals surface area contributed by atoms with Crippen LogP contribution in [0.25, 0.3) is 0 Å². The standard InChI is InChI=1S/C16H18ClN3O2S/c1-2-3-4-13-9-14(21)20-16(19-13)23-10-15(22)18-12-7-5-11(17)6-8-12/h5-9H,2-4,10H2,1H3,(H,18,22)(H,19,20,21). The third-order valence-corrected chi connectivity index (χ3v) is 4.15. The number of hydrogen-bond acceptors (Lipinski definition) is 4. The second-order valence-electron chi connectivity index (χ2n) is 4.99. The summed E-state index contributed by atoms with van der Waals surface area (Å²) >= 11 is 7.00. The molecule has 0 aliphatic carbocycles. The molecule has 1 aromatic heterocycles. The minimum Gasteiger partial charge on any atom is -0.325 e. The lowest BCUT2D eigenvalue weighted by Gasteiger charge is -2.06. The van der Waals surface area contributed by atoms with Gasteiger partial charge in [0.15, 0.2) is 5.16 Å². The number of aromatic nitrogens is 2. The van der Waals surface area contributed by atoms with Crippen molar-refractivity contribution in [1.82, 2.24) is 9.97 Å². The van der Waals surface area contributed by atoms with E-state index >= 15 is 0 Å². The number of rotatable bonds is 7. The molecule has 1 amide bonds. The number of hydrogen-bond donors (Lipinski definition) is 2. The number of aromatic amines is 1. The average Bonchev–Trinajstić information content (AvgIpc) is 2.53. The second kappa shape index (κ2) is 8.74. The Morgan fingerprint density at radius 2 is 2.09 bits per heavy atom. The summed E-state index contributed by atoms with van der Waals surface area (Å²) in [6, 6.07) is 8.39. The molecule has 0 fully saturated rings. The van der Waals surface area contributed by atoms with Crippen molar-refractivity contribution in [3.05, 3.63) is 51.4 Å². The van der Waals surface area contributed by atoms with Gasteiger partial charge in [0.05, 0.1) is 5.75 Å². The van der Waals surface area contributed by atoms with Crippen LogP contribution in [0.3, 0.4) is 0 Å². The lowest BCUT2D eigenvalue weighted by molar-refractivity contribution is -0.113. The first-order valence-corrected chi connectivity index (χ1v) is 8.71. The van der Waals surface area contributed by atoms with E-state index in [4.69, 9.17) is 11.6 Å². The molecule has 122 valence electrons. The van der Waals surface area contributed by atoms with E-state index in [2.05, 4.69) is 22.2 Å². The van der Waals surface area contributed by atoms with Gasteiger partial charge in [0.25, 0.3) is 5.56 Å². The molecule has 5 nitrogen and oxygen atoms in total. The minimum absolute atomic E-state index is 0.168. The van der Waals surface area contributed by atoms with E-state index in [-0.39, 0.29) is 17.2 Å². The third-order valence-electron chi connectivity index (χ3n) is 3.03. The molecular formula is C16H18ClN3O2S. The van der Waals surface area contributed by atoms with Gasteiger partial charge < -0.3 is 10.3 Å². The van der Waals surface area contributed by atoms with Gasteiger partial charge in [0, 0.05) is 22.5 Å². The Bertz CT molecular complexity index is 716. The predicted molar refractivity (Wildman–Crippen MR) is 94.3 cm³/mol. The summed E-state index contributed by atoms with van der Waals surface area (Å²) in [4.78, 5) is 30.6. The number of aryl methyl sites for hydroxylation is 1. The molecule has 0 spiro atoms. The largest absolute Gasteiger partial charge is 0.325 e. The topological polar surface area (TPSA) is 74.8 Å². The van der Waals surface area contributed by atoms with Crippen molar-refractivity contribution in [2.24, 2.45) is 0 Å². The number of H-pyrrole nitrogens is 1. The Balaban J connectivity index is 1.91. The Labute approximate surface area is 143 Å². The summed E-state index contributed by atoms with van der Waals surface area (Å²) < 4.78 is 0. The van der Waals surface area contributed by atoms with Crippen molar-refractivity contribution in [3.63, 3.8) is 0 Å². The van der Waals surface area contributed by atoms with E-state index in [1.807, 2.05) is 0 Å². The first-order valence-electron chi connectivity index (χ1n) is 7.35. The van der Waals surface area contributed by atoms with Crippen LogP contribution in [0.1, 0.15) is 25.5 Å². The number of nitrogens with zero attached hydrogens (tertiary/aromatic N) is 1. The van der Waals surface area contributed by atoms with Crippen LogP contribution in [-0.4, -0.2) is 21.6 Å². The molecule has 1 aromatic carbocycles. The molecule has 0 radical (unpaired) electrons. The molecule has 2 rings (SSSR count). The van der Waals surface area contributed by atoms with Gasteiger partial charge in [-0.1, -0.05) is 36.7 Å². The maximum Gasteiger partial charge on any atom is 0.251 e. The first-order chi connectivity index (χ1) is 11.1. The Kier molecular flexibility index (Phi) is 6.67. The fourth-order valence-electron chi connectivity index (χ4n) is 1.90. The highest BCUT2D eigenvalue weighted by Crippen LogP contribution is 2.15. The molecule has 0 aliphatic rings. The minimum atomic E-state index is -0.188. The van der Waals surface area contributed by atoms with Crippen LogP contribution in [0.4, 0.5) is 5.69 Å². The number of halogens is 1. The number of carbonyl (C=O) groups excluding carboxylic acids is 1. The first kappa shape index (κ1) is 17.6. The molecule has 0 bridgehead atoms. The van der Waals surface area contributed by atoms with Crippen molar-refractivity contribution in [2.75, 3.05) is 11.1 Å². The van der Waals surface area contributed by atoms with Crippen LogP contribution in [0.15, 0.2) is 40.3 Å².